The van der Waals surface area contributed by atoms with E-state index in [0.717, 1.165) is 21.5 Å². The van der Waals surface area contributed by atoms with Gasteiger partial charge in [0.2, 0.25) is 0 Å². The minimum atomic E-state index is -0.613. The summed E-state index contributed by atoms with van der Waals surface area (Å²) in [7, 11) is 1.08. The average molecular weight is 376 g/mol. The number of aryl methyl sites for hydroxylation is 1. The van der Waals surface area contributed by atoms with Crippen molar-refractivity contribution in [1.29, 1.82) is 0 Å². The first-order valence-corrected chi connectivity index (χ1v) is 7.75. The summed E-state index contributed by atoms with van der Waals surface area (Å²) in [5, 5.41) is 0. The normalized spacial score (nSPS) is 9.48. The Morgan fingerprint density at radius 2 is 1.76 bits per heavy atom. The smallest absolute Gasteiger partial charge is 1.00 e. The molecule has 0 aliphatic heterocycles. The Labute approximate surface area is 158 Å². The van der Waals surface area contributed by atoms with Crippen molar-refractivity contribution in [2.24, 2.45) is 0 Å². The zero-order valence-electron chi connectivity index (χ0n) is 12.4. The van der Waals surface area contributed by atoms with Gasteiger partial charge in [0.05, 0.1) is 5.91 Å². The van der Waals surface area contributed by atoms with Gasteiger partial charge in [-0.15, -0.1) is 6.42 Å². The predicted molar refractivity (Wildman–Crippen MR) is 78.9 cm³/mol. The Bertz CT molecular complexity index is 416. The van der Waals surface area contributed by atoms with Gasteiger partial charge in [0.1, 0.15) is 0 Å². The van der Waals surface area contributed by atoms with Gasteiger partial charge >= 0.3 is 21.7 Å². The molecular formula is C15H19Cl2NOSiTi. The molecule has 0 saturated carbocycles. The second kappa shape index (κ2) is 19.7. The largest absolute Gasteiger partial charge is 4.00 e. The fourth-order valence-corrected chi connectivity index (χ4v) is 1.17. The standard InChI is InChI=1S/C8H9NO.C5H5.C2H6Si.2ClH.Ti/c1-6-4-2-3-5-7(6)8(9)10;1-2-4-5-3-1;1-3-2;;;/h2-5H,1H3,(H2,9,10);1-3H,4H2;1-2H3;2*1H;/q;-1;;;;+4/p-3. The monoisotopic (exact) mass is 375 g/mol. The summed E-state index contributed by atoms with van der Waals surface area (Å²) in [4.78, 5) is 10.5. The molecule has 112 valence electrons. The molecule has 0 unspecified atom stereocenters. The molecule has 6 heteroatoms. The van der Waals surface area contributed by atoms with Crippen LogP contribution in [0.25, 0.3) is 5.73 Å². The number of allylic oxidation sites excluding steroid dienone is 4. The third-order valence-corrected chi connectivity index (χ3v) is 1.98. The molecule has 2 rings (SSSR count). The number of rotatable bonds is 1. The predicted octanol–water partition coefficient (Wildman–Crippen LogP) is -1.71. The van der Waals surface area contributed by atoms with Crippen molar-refractivity contribution in [3.8, 4) is 0 Å². The van der Waals surface area contributed by atoms with E-state index in [2.05, 4.69) is 25.2 Å². The van der Waals surface area contributed by atoms with E-state index < -0.39 is 5.91 Å². The number of hydrogen-bond donors (Lipinski definition) is 0. The summed E-state index contributed by atoms with van der Waals surface area (Å²) in [6.07, 6.45) is 10.0. The van der Waals surface area contributed by atoms with Gasteiger partial charge in [0.15, 0.2) is 0 Å². The van der Waals surface area contributed by atoms with E-state index in [0.29, 0.717) is 5.56 Å². The summed E-state index contributed by atoms with van der Waals surface area (Å²) in [6, 6.07) is 7.09. The van der Waals surface area contributed by atoms with Crippen LogP contribution in [-0.4, -0.2) is 15.4 Å². The molecule has 0 aromatic heterocycles. The van der Waals surface area contributed by atoms with Gasteiger partial charge in [-0.05, 0) is 12.5 Å². The number of nitrogens with one attached hydrogen (secondary N) is 1. The van der Waals surface area contributed by atoms with E-state index in [1.807, 2.05) is 31.2 Å². The number of carbonyl (C=O) groups excluding carboxylic acids is 1. The molecule has 0 fully saturated rings. The van der Waals surface area contributed by atoms with Crippen LogP contribution < -0.4 is 24.8 Å². The van der Waals surface area contributed by atoms with Crippen LogP contribution in [0.2, 0.25) is 13.1 Å². The minimum Gasteiger partial charge on any atom is -1.00 e. The van der Waals surface area contributed by atoms with E-state index >= 15 is 0 Å². The van der Waals surface area contributed by atoms with Gasteiger partial charge in [-0.3, -0.25) is 6.08 Å². The van der Waals surface area contributed by atoms with E-state index in [4.69, 9.17) is 5.73 Å². The van der Waals surface area contributed by atoms with Crippen molar-refractivity contribution < 1.29 is 51.3 Å². The maximum absolute atomic E-state index is 10.5. The fourth-order valence-electron chi connectivity index (χ4n) is 1.17. The molecule has 1 amide bonds. The van der Waals surface area contributed by atoms with Crippen LogP contribution in [0.4, 0.5) is 0 Å². The Hall–Kier alpha value is -0.319. The summed E-state index contributed by atoms with van der Waals surface area (Å²) in [6.45, 7) is 6.13. The molecule has 2 radical (unpaired) electrons. The van der Waals surface area contributed by atoms with Crippen LogP contribution >= 0.6 is 0 Å². The van der Waals surface area contributed by atoms with E-state index in [9.17, 15) is 4.79 Å². The molecule has 2 nitrogen and oxygen atoms in total. The molecule has 1 aliphatic carbocycles. The summed E-state index contributed by atoms with van der Waals surface area (Å²) >= 11 is 0. The number of carbonyl (C=O) groups is 1. The molecule has 0 saturated heterocycles. The zero-order chi connectivity index (χ0) is 13.8. The Morgan fingerprint density at radius 1 is 1.24 bits per heavy atom. The first-order valence-electron chi connectivity index (χ1n) is 5.75. The van der Waals surface area contributed by atoms with Crippen molar-refractivity contribution in [2.75, 3.05) is 0 Å². The van der Waals surface area contributed by atoms with Crippen molar-refractivity contribution >= 4 is 15.4 Å². The molecule has 0 heterocycles. The van der Waals surface area contributed by atoms with Crippen molar-refractivity contribution in [3.63, 3.8) is 0 Å². The number of halogens is 2. The van der Waals surface area contributed by atoms with Crippen LogP contribution in [0.15, 0.2) is 42.5 Å². The summed E-state index contributed by atoms with van der Waals surface area (Å²) < 4.78 is 0. The number of benzene rings is 1. The molecule has 1 aromatic rings. The van der Waals surface area contributed by atoms with Crippen molar-refractivity contribution in [1.82, 2.24) is 0 Å². The Balaban J connectivity index is -0.000000113. The maximum Gasteiger partial charge on any atom is 4.00 e. The Morgan fingerprint density at radius 3 is 2.00 bits per heavy atom. The van der Waals surface area contributed by atoms with Crippen LogP contribution in [0.5, 0.6) is 0 Å². The number of amides is 1. The first-order chi connectivity index (χ1) is 8.63. The van der Waals surface area contributed by atoms with Crippen LogP contribution in [0.1, 0.15) is 22.3 Å². The van der Waals surface area contributed by atoms with Crippen LogP contribution in [0.3, 0.4) is 0 Å². The fraction of sp³-hybridized carbons (Fsp3) is 0.267. The summed E-state index contributed by atoms with van der Waals surface area (Å²) in [5.74, 6) is -0.613. The first kappa shape index (κ1) is 28.8. The average Bonchev–Trinajstić information content (AvgIpc) is 2.89. The minimum absolute atomic E-state index is 0. The van der Waals surface area contributed by atoms with Crippen LogP contribution in [-0.2, 0) is 21.7 Å². The SMILES string of the molecule is C[Si]C.Cc1ccccc1C([NH-])=O.[C-]1=CC=CC1.[Cl-].[Cl-].[Ti+4]. The van der Waals surface area contributed by atoms with E-state index in [1.54, 1.807) is 12.1 Å². The Kier molecular flexibility index (Phi) is 27.0. The molecule has 21 heavy (non-hydrogen) atoms. The molecule has 0 spiro atoms. The molecule has 1 aromatic carbocycles. The maximum atomic E-state index is 10.5. The molecule has 0 bridgehead atoms. The topological polar surface area (TPSA) is 40.9 Å². The third-order valence-electron chi connectivity index (χ3n) is 1.98. The quantitative estimate of drug-likeness (QED) is 0.425. The van der Waals surface area contributed by atoms with Crippen molar-refractivity contribution in [3.05, 3.63) is 65.4 Å². The van der Waals surface area contributed by atoms with Crippen LogP contribution in [0, 0.1) is 13.0 Å². The van der Waals surface area contributed by atoms with Gasteiger partial charge in [-0.25, -0.2) is 12.2 Å². The van der Waals surface area contributed by atoms with E-state index in [1.165, 1.54) is 0 Å². The third kappa shape index (κ3) is 15.9. The van der Waals surface area contributed by atoms with Crippen molar-refractivity contribution in [2.45, 2.75) is 26.4 Å². The summed E-state index contributed by atoms with van der Waals surface area (Å²) in [5.41, 5.74) is 8.17. The van der Waals surface area contributed by atoms with Gasteiger partial charge < -0.3 is 35.3 Å². The van der Waals surface area contributed by atoms with Gasteiger partial charge in [0, 0.05) is 15.1 Å². The second-order valence-corrected chi connectivity index (χ2v) is 4.65. The van der Waals surface area contributed by atoms with Gasteiger partial charge in [-0.1, -0.05) is 37.4 Å². The molecule has 1 aliphatic rings. The molecular weight excluding hydrogens is 357 g/mol. The van der Waals surface area contributed by atoms with E-state index in [-0.39, 0.29) is 46.5 Å². The van der Waals surface area contributed by atoms with Gasteiger partial charge in [-0.2, -0.15) is 6.08 Å². The zero-order valence-corrected chi connectivity index (χ0v) is 16.5. The second-order valence-electron chi connectivity index (χ2n) is 3.65. The molecule has 1 N–H and O–H groups in total. The number of hydrogen-bond acceptors (Lipinski definition) is 1. The van der Waals surface area contributed by atoms with Gasteiger partial charge in [0.25, 0.3) is 0 Å². The molecule has 0 atom stereocenters.